The van der Waals surface area contributed by atoms with Crippen molar-refractivity contribution in [3.8, 4) is 11.5 Å². The largest absolute Gasteiger partial charge is 0.504 e. The highest BCUT2D eigenvalue weighted by molar-refractivity contribution is 5.38. The first-order valence-electron chi connectivity index (χ1n) is 3.75. The molecular weight excluding hydrogens is 159 g/mol. The van der Waals surface area contributed by atoms with Crippen LogP contribution in [-0.2, 0) is 0 Å². The van der Waals surface area contributed by atoms with E-state index in [1.54, 1.807) is 0 Å². The molecule has 3 heteroatoms. The zero-order chi connectivity index (χ0) is 9.14. The molecule has 0 heterocycles. The molecule has 1 aromatic rings. The van der Waals surface area contributed by atoms with Gasteiger partial charge in [-0.2, -0.15) is 0 Å². The number of phenolic OH excluding ortho intramolecular Hbond substituents is 1. The van der Waals surface area contributed by atoms with Crippen molar-refractivity contribution in [2.24, 2.45) is 0 Å². The van der Waals surface area contributed by atoms with Crippen LogP contribution in [-0.4, -0.2) is 11.2 Å². The molecule has 1 aromatic carbocycles. The third kappa shape index (κ3) is 2.12. The fourth-order valence-electron chi connectivity index (χ4n) is 0.836. The van der Waals surface area contributed by atoms with Gasteiger partial charge in [0.1, 0.15) is 5.82 Å². The monoisotopic (exact) mass is 170 g/mol. The molecule has 0 saturated carbocycles. The summed E-state index contributed by atoms with van der Waals surface area (Å²) in [5, 5.41) is 9.19. The predicted molar refractivity (Wildman–Crippen MR) is 43.8 cm³/mol. The zero-order valence-electron chi connectivity index (χ0n) is 7.04. The maximum absolute atomic E-state index is 12.6. The van der Waals surface area contributed by atoms with E-state index in [4.69, 9.17) is 4.74 Å². The molecule has 0 saturated heterocycles. The predicted octanol–water partition coefficient (Wildman–Crippen LogP) is 2.32. The van der Waals surface area contributed by atoms with Crippen LogP contribution in [0, 0.1) is 5.82 Å². The molecule has 12 heavy (non-hydrogen) atoms. The van der Waals surface area contributed by atoms with Gasteiger partial charge in [0, 0.05) is 6.07 Å². The normalized spacial score (nSPS) is 10.3. The van der Waals surface area contributed by atoms with Gasteiger partial charge in [0.2, 0.25) is 0 Å². The maximum Gasteiger partial charge on any atom is 0.164 e. The van der Waals surface area contributed by atoms with Crippen molar-refractivity contribution in [1.82, 2.24) is 0 Å². The van der Waals surface area contributed by atoms with Crippen LogP contribution in [0.5, 0.6) is 11.5 Å². The molecule has 0 aromatic heterocycles. The van der Waals surface area contributed by atoms with Gasteiger partial charge >= 0.3 is 0 Å². The second-order valence-electron chi connectivity index (χ2n) is 2.78. The summed E-state index contributed by atoms with van der Waals surface area (Å²) in [7, 11) is 0. The number of ether oxygens (including phenoxy) is 1. The third-order valence-electron chi connectivity index (χ3n) is 1.28. The Morgan fingerprint density at radius 3 is 2.67 bits per heavy atom. The molecule has 0 unspecified atom stereocenters. The Bertz CT molecular complexity index is 271. The lowest BCUT2D eigenvalue weighted by molar-refractivity contribution is 0.230. The first kappa shape index (κ1) is 8.84. The minimum absolute atomic E-state index is 0.0369. The van der Waals surface area contributed by atoms with Gasteiger partial charge in [-0.25, -0.2) is 4.39 Å². The van der Waals surface area contributed by atoms with Crippen molar-refractivity contribution in [1.29, 1.82) is 0 Å². The highest BCUT2D eigenvalue weighted by Gasteiger charge is 2.04. The second kappa shape index (κ2) is 3.43. The summed E-state index contributed by atoms with van der Waals surface area (Å²) in [6.07, 6.45) is -0.0716. The van der Waals surface area contributed by atoms with Crippen molar-refractivity contribution in [2.75, 3.05) is 0 Å². The molecule has 0 aliphatic heterocycles. The average molecular weight is 170 g/mol. The average Bonchev–Trinajstić information content (AvgIpc) is 1.96. The van der Waals surface area contributed by atoms with E-state index in [0.717, 1.165) is 6.07 Å². The summed E-state index contributed by atoms with van der Waals surface area (Å²) < 4.78 is 17.7. The third-order valence-corrected chi connectivity index (χ3v) is 1.28. The molecule has 0 aliphatic rings. The molecule has 0 amide bonds. The van der Waals surface area contributed by atoms with Crippen LogP contribution < -0.4 is 4.74 Å². The quantitative estimate of drug-likeness (QED) is 0.738. The molecule has 0 fully saturated rings. The van der Waals surface area contributed by atoms with E-state index in [-0.39, 0.29) is 17.6 Å². The van der Waals surface area contributed by atoms with E-state index >= 15 is 0 Å². The summed E-state index contributed by atoms with van der Waals surface area (Å²) in [6, 6.07) is 3.62. The molecule has 1 rings (SSSR count). The smallest absolute Gasteiger partial charge is 0.164 e. The Morgan fingerprint density at radius 1 is 1.42 bits per heavy atom. The van der Waals surface area contributed by atoms with Gasteiger partial charge in [0.05, 0.1) is 6.10 Å². The molecule has 2 nitrogen and oxygen atoms in total. The fraction of sp³-hybridized carbons (Fsp3) is 0.333. The van der Waals surface area contributed by atoms with Crippen LogP contribution in [0.3, 0.4) is 0 Å². The van der Waals surface area contributed by atoms with Crippen LogP contribution in [0.4, 0.5) is 4.39 Å². The molecule has 66 valence electrons. The van der Waals surface area contributed by atoms with Gasteiger partial charge in [-0.15, -0.1) is 0 Å². The van der Waals surface area contributed by atoms with Crippen molar-refractivity contribution in [3.05, 3.63) is 24.0 Å². The first-order chi connectivity index (χ1) is 5.59. The maximum atomic E-state index is 12.6. The lowest BCUT2D eigenvalue weighted by Gasteiger charge is -2.10. The summed E-state index contributed by atoms with van der Waals surface area (Å²) in [5.74, 6) is -0.265. The molecule has 0 aliphatic carbocycles. The minimum Gasteiger partial charge on any atom is -0.504 e. The first-order valence-corrected chi connectivity index (χ1v) is 3.75. The number of hydrogen-bond donors (Lipinski definition) is 1. The fourth-order valence-corrected chi connectivity index (χ4v) is 0.836. The van der Waals surface area contributed by atoms with Crippen LogP contribution in [0.2, 0.25) is 0 Å². The highest BCUT2D eigenvalue weighted by atomic mass is 19.1. The van der Waals surface area contributed by atoms with E-state index in [9.17, 15) is 9.50 Å². The Labute approximate surface area is 70.6 Å². The van der Waals surface area contributed by atoms with Crippen LogP contribution in [0.1, 0.15) is 13.8 Å². The summed E-state index contributed by atoms with van der Waals surface area (Å²) in [6.45, 7) is 3.62. The van der Waals surface area contributed by atoms with Gasteiger partial charge in [-0.05, 0) is 26.0 Å². The van der Waals surface area contributed by atoms with Gasteiger partial charge in [-0.1, -0.05) is 0 Å². The molecule has 1 N–H and O–H groups in total. The Hall–Kier alpha value is -1.25. The van der Waals surface area contributed by atoms with Gasteiger partial charge in [0.25, 0.3) is 0 Å². The molecule has 0 spiro atoms. The summed E-state index contributed by atoms with van der Waals surface area (Å²) in [5.41, 5.74) is 0. The SMILES string of the molecule is CC(C)Oc1cc(F)ccc1O. The summed E-state index contributed by atoms with van der Waals surface area (Å²) in [4.78, 5) is 0. The number of rotatable bonds is 2. The van der Waals surface area contributed by atoms with E-state index in [2.05, 4.69) is 0 Å². The number of phenols is 1. The van der Waals surface area contributed by atoms with Gasteiger partial charge in [0.15, 0.2) is 11.5 Å². The van der Waals surface area contributed by atoms with Crippen molar-refractivity contribution < 1.29 is 14.2 Å². The number of benzene rings is 1. The van der Waals surface area contributed by atoms with Crippen LogP contribution in [0.15, 0.2) is 18.2 Å². The van der Waals surface area contributed by atoms with Gasteiger partial charge < -0.3 is 9.84 Å². The zero-order valence-corrected chi connectivity index (χ0v) is 7.04. The Morgan fingerprint density at radius 2 is 2.08 bits per heavy atom. The van der Waals surface area contributed by atoms with Crippen molar-refractivity contribution >= 4 is 0 Å². The molecular formula is C9H11FO2. The summed E-state index contributed by atoms with van der Waals surface area (Å²) >= 11 is 0. The molecule has 0 bridgehead atoms. The van der Waals surface area contributed by atoms with Crippen molar-refractivity contribution in [3.63, 3.8) is 0 Å². The van der Waals surface area contributed by atoms with E-state index in [1.807, 2.05) is 13.8 Å². The highest BCUT2D eigenvalue weighted by Crippen LogP contribution is 2.26. The molecule has 0 radical (unpaired) electrons. The molecule has 0 atom stereocenters. The second-order valence-corrected chi connectivity index (χ2v) is 2.78. The van der Waals surface area contributed by atoms with Gasteiger partial charge in [-0.3, -0.25) is 0 Å². The Balaban J connectivity index is 2.90. The standard InChI is InChI=1S/C9H11FO2/c1-6(2)12-9-5-7(10)3-4-8(9)11/h3-6,11H,1-2H3. The number of hydrogen-bond acceptors (Lipinski definition) is 2. The number of halogens is 1. The van der Waals surface area contributed by atoms with E-state index < -0.39 is 5.82 Å². The van der Waals surface area contributed by atoms with Crippen LogP contribution >= 0.6 is 0 Å². The lowest BCUT2D eigenvalue weighted by Crippen LogP contribution is -2.05. The topological polar surface area (TPSA) is 29.5 Å². The van der Waals surface area contributed by atoms with Crippen LogP contribution in [0.25, 0.3) is 0 Å². The Kier molecular flexibility index (Phi) is 2.53. The van der Waals surface area contributed by atoms with E-state index in [1.165, 1.54) is 12.1 Å². The minimum atomic E-state index is -0.413. The van der Waals surface area contributed by atoms with E-state index in [0.29, 0.717) is 0 Å². The van der Waals surface area contributed by atoms with Crippen molar-refractivity contribution in [2.45, 2.75) is 20.0 Å². The lowest BCUT2D eigenvalue weighted by atomic mass is 10.3. The number of aromatic hydroxyl groups is 1.